The van der Waals surface area contributed by atoms with Crippen molar-refractivity contribution < 1.29 is 22.9 Å². The fourth-order valence-electron chi connectivity index (χ4n) is 6.44. The van der Waals surface area contributed by atoms with Crippen LogP contribution in [0.1, 0.15) is 61.8 Å². The lowest BCUT2D eigenvalue weighted by Crippen LogP contribution is -2.43. The Morgan fingerprint density at radius 2 is 1.72 bits per heavy atom. The summed E-state index contributed by atoms with van der Waals surface area (Å²) in [6.45, 7) is 5.91. The van der Waals surface area contributed by atoms with Gasteiger partial charge in [-0.15, -0.1) is 0 Å². The third kappa shape index (κ3) is 5.98. The minimum Gasteiger partial charge on any atom is -0.508 e. The maximum absolute atomic E-state index is 12.2. The number of rotatable bonds is 7. The first-order valence-corrected chi connectivity index (χ1v) is 15.8. The average molecular weight is 615 g/mol. The number of aryl methyl sites for hydroxylation is 1. The van der Waals surface area contributed by atoms with Crippen LogP contribution >= 0.6 is 15.9 Å². The zero-order valence-corrected chi connectivity index (χ0v) is 25.0. The van der Waals surface area contributed by atoms with E-state index in [0.29, 0.717) is 12.2 Å². The first-order chi connectivity index (χ1) is 18.4. The molecule has 0 aliphatic heterocycles. The number of nitrogens with zero attached hydrogens (tertiary/aromatic N) is 1. The Morgan fingerprint density at radius 3 is 2.26 bits per heavy atom. The zero-order chi connectivity index (χ0) is 28.4. The number of carbonyl (C=O) groups excluding carboxylic acids is 1. The Bertz CT molecular complexity index is 1410. The lowest BCUT2D eigenvalue weighted by Gasteiger charge is -2.35. The van der Waals surface area contributed by atoms with Gasteiger partial charge in [0.15, 0.2) is 5.78 Å². The number of hydrogen-bond donors (Lipinski definition) is 2. The molecule has 2 aromatic carbocycles. The molecule has 2 aliphatic carbocycles. The number of ketones is 1. The molecule has 6 nitrogen and oxygen atoms in total. The van der Waals surface area contributed by atoms with E-state index >= 15 is 0 Å². The molecular formula is C31H36BrNO5S. The molecule has 0 saturated heterocycles. The predicted molar refractivity (Wildman–Crippen MR) is 157 cm³/mol. The van der Waals surface area contributed by atoms with Crippen molar-refractivity contribution in [1.29, 1.82) is 0 Å². The lowest BCUT2D eigenvalue weighted by atomic mass is 9.70. The minimum absolute atomic E-state index is 0.0635. The zero-order valence-electron chi connectivity index (χ0n) is 22.5. The van der Waals surface area contributed by atoms with Gasteiger partial charge in [-0.3, -0.25) is 14.3 Å². The van der Waals surface area contributed by atoms with E-state index in [1.165, 1.54) is 11.1 Å². The number of Topliss-reactive ketones (excluding diaryl/α,β-unsaturated/α-hetero) is 1. The smallest absolute Gasteiger partial charge is 0.265 e. The van der Waals surface area contributed by atoms with E-state index in [4.69, 9.17) is 4.55 Å². The predicted octanol–water partition coefficient (Wildman–Crippen LogP) is 6.37. The second kappa shape index (κ2) is 11.5. The second-order valence-corrected chi connectivity index (χ2v) is 13.6. The maximum atomic E-state index is 12.2. The number of aromatic nitrogens is 1. The second-order valence-electron chi connectivity index (χ2n) is 11.2. The van der Waals surface area contributed by atoms with Gasteiger partial charge in [-0.1, -0.05) is 79.2 Å². The van der Waals surface area contributed by atoms with Crippen molar-refractivity contribution >= 4 is 31.8 Å². The van der Waals surface area contributed by atoms with E-state index in [-0.39, 0.29) is 27.9 Å². The van der Waals surface area contributed by atoms with Crippen molar-refractivity contribution in [2.24, 2.45) is 16.7 Å². The van der Waals surface area contributed by atoms with Crippen LogP contribution in [0, 0.1) is 16.7 Å². The SMILES string of the molecule is CC1(C)C2CCC1(CS(=O)(=O)O)C(=O)C2Br.CCc1ccc(C(Cc2ccncc2)c2ccccc2)cc1O. The molecule has 39 heavy (non-hydrogen) atoms. The van der Waals surface area contributed by atoms with Gasteiger partial charge in [0.25, 0.3) is 10.1 Å². The average Bonchev–Trinajstić information content (AvgIpc) is 3.22. The maximum Gasteiger partial charge on any atom is 0.265 e. The molecule has 208 valence electrons. The molecule has 0 radical (unpaired) electrons. The number of pyridine rings is 1. The van der Waals surface area contributed by atoms with Gasteiger partial charge in [0, 0.05) is 18.3 Å². The Balaban J connectivity index is 0.000000193. The highest BCUT2D eigenvalue weighted by Crippen LogP contribution is 2.65. The van der Waals surface area contributed by atoms with Crippen LogP contribution in [-0.4, -0.2) is 39.4 Å². The Morgan fingerprint density at radius 1 is 1.05 bits per heavy atom. The van der Waals surface area contributed by atoms with Gasteiger partial charge in [0.1, 0.15) is 5.75 Å². The summed E-state index contributed by atoms with van der Waals surface area (Å²) in [6.07, 6.45) is 6.78. The quantitative estimate of drug-likeness (QED) is 0.237. The van der Waals surface area contributed by atoms with Crippen LogP contribution in [0.25, 0.3) is 0 Å². The van der Waals surface area contributed by atoms with Crippen molar-refractivity contribution in [1.82, 2.24) is 4.98 Å². The highest BCUT2D eigenvalue weighted by atomic mass is 79.9. The summed E-state index contributed by atoms with van der Waals surface area (Å²) in [5.41, 5.74) is 3.36. The van der Waals surface area contributed by atoms with Crippen LogP contribution in [0.5, 0.6) is 5.75 Å². The molecular weight excluding hydrogens is 578 g/mol. The van der Waals surface area contributed by atoms with E-state index in [1.54, 1.807) is 0 Å². The molecule has 2 bridgehead atoms. The normalized spacial score (nSPS) is 24.2. The van der Waals surface area contributed by atoms with Gasteiger partial charge in [-0.05, 0) is 77.5 Å². The third-order valence-corrected chi connectivity index (χ3v) is 10.7. The number of alkyl halides is 1. The summed E-state index contributed by atoms with van der Waals surface area (Å²) >= 11 is 3.35. The molecule has 2 saturated carbocycles. The van der Waals surface area contributed by atoms with E-state index < -0.39 is 21.3 Å². The number of aromatic hydroxyl groups is 1. The van der Waals surface area contributed by atoms with Crippen molar-refractivity contribution in [3.63, 3.8) is 0 Å². The molecule has 2 N–H and O–H groups in total. The molecule has 4 atom stereocenters. The molecule has 5 rings (SSSR count). The molecule has 2 fully saturated rings. The van der Waals surface area contributed by atoms with Gasteiger partial charge >= 0.3 is 0 Å². The minimum atomic E-state index is -4.12. The van der Waals surface area contributed by atoms with Crippen LogP contribution in [0.3, 0.4) is 0 Å². The number of benzene rings is 2. The van der Waals surface area contributed by atoms with E-state index in [1.807, 2.05) is 44.4 Å². The molecule has 2 aliphatic rings. The molecule has 4 unspecified atom stereocenters. The van der Waals surface area contributed by atoms with Crippen molar-refractivity contribution in [3.8, 4) is 5.75 Å². The highest BCUT2D eigenvalue weighted by molar-refractivity contribution is 9.10. The van der Waals surface area contributed by atoms with Crippen LogP contribution in [-0.2, 0) is 27.8 Å². The standard InChI is InChI=1S/C21H21NO.C10H15BrO4S/c1-2-17-8-9-19(15-21(17)23)20(18-6-4-3-5-7-18)14-16-10-12-22-13-11-16;1-9(2)6-3-4-10(9,5-16(13,14)15)8(12)7(6)11/h3-13,15,20,23H,2,14H2,1H3;6-7H,3-5H2,1-2H3,(H,13,14,15). The first kappa shape index (κ1) is 29.4. The van der Waals surface area contributed by atoms with Crippen LogP contribution in [0.15, 0.2) is 73.1 Å². The summed E-state index contributed by atoms with van der Waals surface area (Å²) < 4.78 is 31.2. The number of halogens is 1. The number of hydrogen-bond acceptors (Lipinski definition) is 5. The van der Waals surface area contributed by atoms with E-state index in [9.17, 15) is 18.3 Å². The summed E-state index contributed by atoms with van der Waals surface area (Å²) in [4.78, 5) is 16.0. The molecule has 3 aromatic rings. The Kier molecular flexibility index (Phi) is 8.69. The van der Waals surface area contributed by atoms with Crippen molar-refractivity contribution in [2.75, 3.05) is 5.75 Å². The summed E-state index contributed by atoms with van der Waals surface area (Å²) in [6, 6.07) is 20.6. The monoisotopic (exact) mass is 613 g/mol. The van der Waals surface area contributed by atoms with Gasteiger partial charge in [0.05, 0.1) is 16.0 Å². The van der Waals surface area contributed by atoms with Crippen LogP contribution in [0.4, 0.5) is 0 Å². The highest BCUT2D eigenvalue weighted by Gasteiger charge is 2.69. The summed E-state index contributed by atoms with van der Waals surface area (Å²) in [7, 11) is -4.12. The summed E-state index contributed by atoms with van der Waals surface area (Å²) in [5, 5.41) is 10.2. The molecule has 0 spiro atoms. The van der Waals surface area contributed by atoms with Crippen LogP contribution in [0.2, 0.25) is 0 Å². The van der Waals surface area contributed by atoms with E-state index in [2.05, 4.69) is 70.3 Å². The van der Waals surface area contributed by atoms with Gasteiger partial charge in [-0.2, -0.15) is 8.42 Å². The molecule has 1 aromatic heterocycles. The molecule has 0 amide bonds. The summed E-state index contributed by atoms with van der Waals surface area (Å²) in [5.74, 6) is 0.272. The fraction of sp³-hybridized carbons (Fsp3) is 0.419. The van der Waals surface area contributed by atoms with Gasteiger partial charge in [-0.25, -0.2) is 0 Å². The van der Waals surface area contributed by atoms with Crippen LogP contribution < -0.4 is 0 Å². The first-order valence-electron chi connectivity index (χ1n) is 13.3. The Labute approximate surface area is 239 Å². The van der Waals surface area contributed by atoms with Crippen molar-refractivity contribution in [2.45, 2.75) is 57.2 Å². The van der Waals surface area contributed by atoms with Gasteiger partial charge < -0.3 is 5.11 Å². The number of phenolic OH excluding ortho intramolecular Hbond substituents is 1. The van der Waals surface area contributed by atoms with Gasteiger partial charge in [0.2, 0.25) is 0 Å². The number of fused-ring (bicyclic) bond motifs is 2. The van der Waals surface area contributed by atoms with Crippen molar-refractivity contribution in [3.05, 3.63) is 95.3 Å². The Hall–Kier alpha value is -2.55. The largest absolute Gasteiger partial charge is 0.508 e. The fourth-order valence-corrected chi connectivity index (χ4v) is 9.09. The molecule has 8 heteroatoms. The third-order valence-electron chi connectivity index (χ3n) is 8.83. The molecule has 1 heterocycles. The lowest BCUT2D eigenvalue weighted by molar-refractivity contribution is -0.127. The number of carbonyl (C=O) groups is 1. The number of phenols is 1. The van der Waals surface area contributed by atoms with E-state index in [0.717, 1.165) is 30.4 Å². The topological polar surface area (TPSA) is 105 Å².